The molecule has 4 heteroatoms. The molecule has 0 atom stereocenters. The van der Waals surface area contributed by atoms with Gasteiger partial charge < -0.3 is 16.9 Å². The molecule has 0 aliphatic rings. The van der Waals surface area contributed by atoms with Crippen molar-refractivity contribution in [2.75, 3.05) is 0 Å². The van der Waals surface area contributed by atoms with Crippen LogP contribution in [0.15, 0.2) is 108 Å². The molecule has 0 amide bonds. The van der Waals surface area contributed by atoms with Crippen molar-refractivity contribution in [3.63, 3.8) is 0 Å². The minimum atomic E-state index is 0.439. The number of nitrogens with two attached hydrogens (primary N) is 2. The van der Waals surface area contributed by atoms with Gasteiger partial charge in [-0.3, -0.25) is 0 Å². The van der Waals surface area contributed by atoms with Crippen LogP contribution in [0.2, 0.25) is 0 Å². The number of nitrogens with one attached hydrogen (secondary N) is 1. The number of aliphatic imine (C=N–C) groups is 1. The van der Waals surface area contributed by atoms with Crippen LogP contribution in [0.3, 0.4) is 0 Å². The Bertz CT molecular complexity index is 1340. The third kappa shape index (κ3) is 6.80. The summed E-state index contributed by atoms with van der Waals surface area (Å²) in [5.74, 6) is 0.439. The van der Waals surface area contributed by atoms with Crippen molar-refractivity contribution in [3.05, 3.63) is 126 Å². The minimum absolute atomic E-state index is 0.439. The van der Waals surface area contributed by atoms with Gasteiger partial charge in [-0.1, -0.05) is 78.9 Å². The fourth-order valence-corrected chi connectivity index (χ4v) is 3.97. The molecule has 0 spiro atoms. The summed E-state index contributed by atoms with van der Waals surface area (Å²) in [6.45, 7) is 8.58. The quantitative estimate of drug-likeness (QED) is 0.161. The van der Waals surface area contributed by atoms with Crippen molar-refractivity contribution < 1.29 is 0 Å². The molecule has 4 nitrogen and oxygen atoms in total. The number of hydrogen-bond acceptors (Lipinski definition) is 3. The standard InChI is InChI=1S/C32H34N4/c1-23(10-7-8-20-33)15-16-25(3)31-29(26-11-5-4-6-12-26)13-9-14-30(31)36-32(35)28-18-17-24(2)27(22-28)19-21-34/h4-14,17-22,33H,3,15-16,34H2,1-2H3,(H2,35,36)/b8-7-,21-19-,23-10+,33-20?. The molecule has 0 saturated heterocycles. The van der Waals surface area contributed by atoms with E-state index in [1.807, 2.05) is 73.7 Å². The maximum Gasteiger partial charge on any atom is 0.131 e. The summed E-state index contributed by atoms with van der Waals surface area (Å²) in [4.78, 5) is 4.88. The lowest BCUT2D eigenvalue weighted by Crippen LogP contribution is -2.13. The van der Waals surface area contributed by atoms with Gasteiger partial charge in [0.25, 0.3) is 0 Å². The highest BCUT2D eigenvalue weighted by Crippen LogP contribution is 2.38. The molecule has 3 rings (SSSR count). The van der Waals surface area contributed by atoms with Crippen molar-refractivity contribution in [2.45, 2.75) is 26.7 Å². The molecule has 182 valence electrons. The second-order valence-corrected chi connectivity index (χ2v) is 8.66. The summed E-state index contributed by atoms with van der Waals surface area (Å²) < 4.78 is 0. The van der Waals surface area contributed by atoms with Crippen LogP contribution in [0.5, 0.6) is 0 Å². The molecule has 0 bridgehead atoms. The molecule has 0 radical (unpaired) electrons. The van der Waals surface area contributed by atoms with Crippen LogP contribution in [0.25, 0.3) is 22.8 Å². The molecule has 0 aliphatic heterocycles. The number of aryl methyl sites for hydroxylation is 1. The van der Waals surface area contributed by atoms with E-state index in [4.69, 9.17) is 21.9 Å². The summed E-state index contributed by atoms with van der Waals surface area (Å²) in [6.07, 6.45) is 11.9. The first-order valence-corrected chi connectivity index (χ1v) is 12.0. The van der Waals surface area contributed by atoms with Crippen LogP contribution < -0.4 is 11.5 Å². The Kier molecular flexibility index (Phi) is 9.35. The van der Waals surface area contributed by atoms with Gasteiger partial charge in [0.2, 0.25) is 0 Å². The molecular formula is C32H34N4. The maximum absolute atomic E-state index is 7.13. The van der Waals surface area contributed by atoms with Crippen molar-refractivity contribution in [1.29, 1.82) is 5.41 Å². The number of benzene rings is 3. The number of hydrogen-bond donors (Lipinski definition) is 3. The Morgan fingerprint density at radius 2 is 1.78 bits per heavy atom. The SMILES string of the molecule is C=C(CC/C(C)=C/C=C\C=N)c1c(/N=C(\N)c2ccc(C)c(/C=C\N)c2)cccc1-c1ccccc1. The van der Waals surface area contributed by atoms with E-state index in [2.05, 4.69) is 31.7 Å². The van der Waals surface area contributed by atoms with Crippen LogP contribution in [-0.2, 0) is 0 Å². The van der Waals surface area contributed by atoms with E-state index in [0.717, 1.165) is 57.5 Å². The smallest absolute Gasteiger partial charge is 0.131 e. The van der Waals surface area contributed by atoms with E-state index in [0.29, 0.717) is 5.84 Å². The van der Waals surface area contributed by atoms with Crippen LogP contribution in [-0.4, -0.2) is 12.1 Å². The fraction of sp³-hybridized carbons (Fsp3) is 0.125. The summed E-state index contributed by atoms with van der Waals surface area (Å²) in [6, 6.07) is 22.4. The van der Waals surface area contributed by atoms with Crippen molar-refractivity contribution >= 4 is 29.4 Å². The number of allylic oxidation sites excluding steroid dienone is 5. The molecule has 0 unspecified atom stereocenters. The van der Waals surface area contributed by atoms with Crippen molar-refractivity contribution in [1.82, 2.24) is 0 Å². The number of rotatable bonds is 10. The van der Waals surface area contributed by atoms with E-state index in [-0.39, 0.29) is 0 Å². The largest absolute Gasteiger partial charge is 0.405 e. The van der Waals surface area contributed by atoms with Crippen molar-refractivity contribution in [3.8, 4) is 11.1 Å². The average molecular weight is 475 g/mol. The Hall–Kier alpha value is -4.44. The Morgan fingerprint density at radius 1 is 1.00 bits per heavy atom. The molecule has 0 heterocycles. The minimum Gasteiger partial charge on any atom is -0.405 e. The van der Waals surface area contributed by atoms with Gasteiger partial charge in [-0.15, -0.1) is 0 Å². The third-order valence-corrected chi connectivity index (χ3v) is 5.98. The molecular weight excluding hydrogens is 440 g/mol. The molecule has 0 saturated carbocycles. The third-order valence-electron chi connectivity index (χ3n) is 5.98. The maximum atomic E-state index is 7.13. The van der Waals surface area contributed by atoms with E-state index in [9.17, 15) is 0 Å². The van der Waals surface area contributed by atoms with Gasteiger partial charge in [-0.05, 0) is 85.0 Å². The molecule has 3 aromatic rings. The highest BCUT2D eigenvalue weighted by molar-refractivity contribution is 6.01. The highest BCUT2D eigenvalue weighted by atomic mass is 14.9. The average Bonchev–Trinajstić information content (AvgIpc) is 2.89. The summed E-state index contributed by atoms with van der Waals surface area (Å²) >= 11 is 0. The monoisotopic (exact) mass is 474 g/mol. The molecule has 3 aromatic carbocycles. The fourth-order valence-electron chi connectivity index (χ4n) is 3.97. The van der Waals surface area contributed by atoms with Crippen LogP contribution in [0.1, 0.15) is 42.0 Å². The highest BCUT2D eigenvalue weighted by Gasteiger charge is 2.14. The van der Waals surface area contributed by atoms with E-state index < -0.39 is 0 Å². The molecule has 0 fully saturated rings. The number of amidine groups is 1. The zero-order chi connectivity index (χ0) is 25.9. The van der Waals surface area contributed by atoms with E-state index in [1.54, 1.807) is 6.08 Å². The normalized spacial score (nSPS) is 12.4. The van der Waals surface area contributed by atoms with E-state index >= 15 is 0 Å². The van der Waals surface area contributed by atoms with Crippen LogP contribution >= 0.6 is 0 Å². The van der Waals surface area contributed by atoms with Crippen molar-refractivity contribution in [2.24, 2.45) is 16.5 Å². The first-order chi connectivity index (χ1) is 17.4. The van der Waals surface area contributed by atoms with Gasteiger partial charge in [0.05, 0.1) is 5.69 Å². The van der Waals surface area contributed by atoms with Gasteiger partial charge in [-0.2, -0.15) is 0 Å². The molecule has 5 N–H and O–H groups in total. The molecule has 0 aliphatic carbocycles. The zero-order valence-corrected chi connectivity index (χ0v) is 21.0. The number of nitrogens with zero attached hydrogens (tertiary/aromatic N) is 1. The van der Waals surface area contributed by atoms with Gasteiger partial charge in [-0.25, -0.2) is 4.99 Å². The topological polar surface area (TPSA) is 88.2 Å². The predicted octanol–water partition coefficient (Wildman–Crippen LogP) is 7.57. The Labute approximate surface area is 214 Å². The Balaban J connectivity index is 2.05. The first kappa shape index (κ1) is 26.2. The zero-order valence-electron chi connectivity index (χ0n) is 21.0. The molecule has 36 heavy (non-hydrogen) atoms. The van der Waals surface area contributed by atoms with E-state index in [1.165, 1.54) is 18.0 Å². The Morgan fingerprint density at radius 3 is 2.50 bits per heavy atom. The lowest BCUT2D eigenvalue weighted by molar-refractivity contribution is 0.994. The van der Waals surface area contributed by atoms with Gasteiger partial charge in [0.15, 0.2) is 0 Å². The van der Waals surface area contributed by atoms with Gasteiger partial charge in [0.1, 0.15) is 5.84 Å². The lowest BCUT2D eigenvalue weighted by atomic mass is 9.90. The lowest BCUT2D eigenvalue weighted by Gasteiger charge is -2.16. The van der Waals surface area contributed by atoms with Crippen LogP contribution in [0.4, 0.5) is 5.69 Å². The summed E-state index contributed by atoms with van der Waals surface area (Å²) in [5.41, 5.74) is 21.3. The summed E-state index contributed by atoms with van der Waals surface area (Å²) in [7, 11) is 0. The first-order valence-electron chi connectivity index (χ1n) is 12.0. The second kappa shape index (κ2) is 12.9. The van der Waals surface area contributed by atoms with Crippen LogP contribution in [0, 0.1) is 12.3 Å². The van der Waals surface area contributed by atoms with Gasteiger partial charge in [0, 0.05) is 17.3 Å². The predicted molar refractivity (Wildman–Crippen MR) is 157 cm³/mol. The molecule has 0 aromatic heterocycles. The second-order valence-electron chi connectivity index (χ2n) is 8.66. The summed E-state index contributed by atoms with van der Waals surface area (Å²) in [5, 5.41) is 7.13. The van der Waals surface area contributed by atoms with Gasteiger partial charge >= 0.3 is 0 Å².